The topological polar surface area (TPSA) is 93.5 Å². The van der Waals surface area contributed by atoms with Crippen LogP contribution in [0.3, 0.4) is 0 Å². The van der Waals surface area contributed by atoms with Crippen LogP contribution >= 0.6 is 12.2 Å². The normalized spacial score (nSPS) is 11.3. The van der Waals surface area contributed by atoms with Crippen molar-refractivity contribution in [1.82, 2.24) is 10.6 Å². The fourth-order valence-corrected chi connectivity index (χ4v) is 1.73. The van der Waals surface area contributed by atoms with Crippen molar-refractivity contribution in [3.8, 4) is 5.75 Å². The van der Waals surface area contributed by atoms with Gasteiger partial charge in [-0.3, -0.25) is 10.1 Å². The van der Waals surface area contributed by atoms with Crippen LogP contribution in [0, 0.1) is 0 Å². The molecular formula is C14H19N3O3S. The van der Waals surface area contributed by atoms with E-state index in [-0.39, 0.29) is 0 Å². The van der Waals surface area contributed by atoms with Crippen molar-refractivity contribution in [3.05, 3.63) is 29.8 Å². The summed E-state index contributed by atoms with van der Waals surface area (Å²) in [5.41, 5.74) is 6.43. The number of rotatable bonds is 6. The average molecular weight is 309 g/mol. The van der Waals surface area contributed by atoms with Gasteiger partial charge in [-0.2, -0.15) is 0 Å². The Hall–Kier alpha value is -2.15. The van der Waals surface area contributed by atoms with Crippen molar-refractivity contribution in [3.63, 3.8) is 0 Å². The van der Waals surface area contributed by atoms with Gasteiger partial charge in [-0.15, -0.1) is 0 Å². The molecule has 0 heterocycles. The molecule has 0 radical (unpaired) electrons. The monoisotopic (exact) mass is 309 g/mol. The van der Waals surface area contributed by atoms with Crippen LogP contribution in [0.2, 0.25) is 0 Å². The summed E-state index contributed by atoms with van der Waals surface area (Å²) in [6.45, 7) is 3.77. The third-order valence-electron chi connectivity index (χ3n) is 2.56. The molecule has 4 N–H and O–H groups in total. The van der Waals surface area contributed by atoms with E-state index < -0.39 is 18.0 Å². The van der Waals surface area contributed by atoms with Crippen LogP contribution < -0.4 is 21.1 Å². The summed E-state index contributed by atoms with van der Waals surface area (Å²) >= 11 is 4.83. The molecule has 1 rings (SSSR count). The molecule has 3 amide bonds. The molecule has 1 aromatic carbocycles. The number of carbonyl (C=O) groups excluding carboxylic acids is 2. The second-order valence-corrected chi connectivity index (χ2v) is 4.92. The second-order valence-electron chi connectivity index (χ2n) is 4.40. The standard InChI is InChI=1S/C14H19N3O3S/c1-3-16-14(19)17-13(18)9(2)20-11-6-4-10(5-7-11)8-12(15)21/h4-7,9H,3,8H2,1-2H3,(H2,15,21)(H2,16,17,18,19). The molecule has 0 saturated heterocycles. The van der Waals surface area contributed by atoms with E-state index in [0.29, 0.717) is 23.7 Å². The molecule has 0 saturated carbocycles. The van der Waals surface area contributed by atoms with Crippen LogP contribution in [0.4, 0.5) is 4.79 Å². The first-order valence-electron chi connectivity index (χ1n) is 6.55. The third-order valence-corrected chi connectivity index (χ3v) is 2.70. The van der Waals surface area contributed by atoms with Crippen molar-refractivity contribution < 1.29 is 14.3 Å². The molecular weight excluding hydrogens is 290 g/mol. The van der Waals surface area contributed by atoms with E-state index in [0.717, 1.165) is 5.56 Å². The maximum Gasteiger partial charge on any atom is 0.321 e. The van der Waals surface area contributed by atoms with E-state index >= 15 is 0 Å². The van der Waals surface area contributed by atoms with Crippen LogP contribution in [-0.2, 0) is 11.2 Å². The Labute approximate surface area is 129 Å². The van der Waals surface area contributed by atoms with Crippen molar-refractivity contribution in [2.24, 2.45) is 5.73 Å². The highest BCUT2D eigenvalue weighted by molar-refractivity contribution is 7.80. The van der Waals surface area contributed by atoms with Crippen molar-refractivity contribution in [2.75, 3.05) is 6.54 Å². The average Bonchev–Trinajstić information content (AvgIpc) is 2.40. The molecule has 1 atom stereocenters. The number of thiocarbonyl (C=S) groups is 1. The largest absolute Gasteiger partial charge is 0.481 e. The highest BCUT2D eigenvalue weighted by atomic mass is 32.1. The number of amides is 3. The number of hydrogen-bond donors (Lipinski definition) is 3. The Morgan fingerprint density at radius 2 is 1.95 bits per heavy atom. The van der Waals surface area contributed by atoms with E-state index in [4.69, 9.17) is 22.7 Å². The predicted molar refractivity (Wildman–Crippen MR) is 84.2 cm³/mol. The van der Waals surface area contributed by atoms with E-state index in [2.05, 4.69) is 10.6 Å². The lowest BCUT2D eigenvalue weighted by molar-refractivity contribution is -0.126. The Kier molecular flexibility index (Phi) is 6.61. The summed E-state index contributed by atoms with van der Waals surface area (Å²) in [5, 5.41) is 4.66. The summed E-state index contributed by atoms with van der Waals surface area (Å²) in [4.78, 5) is 23.4. The zero-order valence-electron chi connectivity index (χ0n) is 12.0. The summed E-state index contributed by atoms with van der Waals surface area (Å²) in [6.07, 6.45) is -0.267. The van der Waals surface area contributed by atoms with Crippen LogP contribution in [-0.4, -0.2) is 29.6 Å². The number of benzene rings is 1. The van der Waals surface area contributed by atoms with Gasteiger partial charge in [-0.25, -0.2) is 4.79 Å². The molecule has 0 aromatic heterocycles. The molecule has 1 aromatic rings. The van der Waals surface area contributed by atoms with Crippen molar-refractivity contribution >= 4 is 29.1 Å². The quantitative estimate of drug-likeness (QED) is 0.685. The van der Waals surface area contributed by atoms with Gasteiger partial charge in [0.15, 0.2) is 6.10 Å². The lowest BCUT2D eigenvalue weighted by atomic mass is 10.1. The Morgan fingerprint density at radius 3 is 2.48 bits per heavy atom. The molecule has 7 heteroatoms. The van der Waals surface area contributed by atoms with Gasteiger partial charge in [0.2, 0.25) is 0 Å². The predicted octanol–water partition coefficient (Wildman–Crippen LogP) is 1.13. The molecule has 114 valence electrons. The number of nitrogens with two attached hydrogens (primary N) is 1. The number of hydrogen-bond acceptors (Lipinski definition) is 4. The van der Waals surface area contributed by atoms with Gasteiger partial charge in [0.05, 0.1) is 4.99 Å². The van der Waals surface area contributed by atoms with E-state index in [1.54, 1.807) is 26.0 Å². The number of nitrogens with one attached hydrogen (secondary N) is 2. The molecule has 1 unspecified atom stereocenters. The first-order valence-corrected chi connectivity index (χ1v) is 6.95. The zero-order valence-corrected chi connectivity index (χ0v) is 12.8. The number of imide groups is 1. The maximum absolute atomic E-state index is 11.7. The van der Waals surface area contributed by atoms with Gasteiger partial charge < -0.3 is 15.8 Å². The van der Waals surface area contributed by atoms with E-state index in [1.807, 2.05) is 12.1 Å². The number of ether oxygens (including phenoxy) is 1. The highest BCUT2D eigenvalue weighted by Gasteiger charge is 2.17. The molecule has 0 aliphatic carbocycles. The molecule has 21 heavy (non-hydrogen) atoms. The zero-order chi connectivity index (χ0) is 15.8. The van der Waals surface area contributed by atoms with Gasteiger partial charge >= 0.3 is 6.03 Å². The minimum Gasteiger partial charge on any atom is -0.481 e. The van der Waals surface area contributed by atoms with Crippen LogP contribution in [0.15, 0.2) is 24.3 Å². The summed E-state index contributed by atoms with van der Waals surface area (Å²) in [5.74, 6) is 0.0217. The molecule has 0 aliphatic rings. The number of carbonyl (C=O) groups is 2. The number of urea groups is 1. The van der Waals surface area contributed by atoms with E-state index in [9.17, 15) is 9.59 Å². The van der Waals surface area contributed by atoms with Gasteiger partial charge in [0.25, 0.3) is 5.91 Å². The SMILES string of the molecule is CCNC(=O)NC(=O)C(C)Oc1ccc(CC(N)=S)cc1. The molecule has 0 bridgehead atoms. The lowest BCUT2D eigenvalue weighted by Gasteiger charge is -2.14. The van der Waals surface area contributed by atoms with Crippen LogP contribution in [0.25, 0.3) is 0 Å². The summed E-state index contributed by atoms with van der Waals surface area (Å²) < 4.78 is 5.46. The highest BCUT2D eigenvalue weighted by Crippen LogP contribution is 2.14. The lowest BCUT2D eigenvalue weighted by Crippen LogP contribution is -2.45. The molecule has 0 spiro atoms. The minimum absolute atomic E-state index is 0.415. The molecule has 0 fully saturated rings. The fraction of sp³-hybridized carbons (Fsp3) is 0.357. The van der Waals surface area contributed by atoms with Gasteiger partial charge in [0, 0.05) is 13.0 Å². The minimum atomic E-state index is -0.783. The molecule has 0 aliphatic heterocycles. The maximum atomic E-state index is 11.7. The van der Waals surface area contributed by atoms with Crippen molar-refractivity contribution in [2.45, 2.75) is 26.4 Å². The Bertz CT molecular complexity index is 517. The smallest absolute Gasteiger partial charge is 0.321 e. The molecule has 6 nitrogen and oxygen atoms in total. The summed E-state index contributed by atoms with van der Waals surface area (Å²) in [7, 11) is 0. The Balaban J connectivity index is 2.54. The van der Waals surface area contributed by atoms with Gasteiger partial charge in [-0.1, -0.05) is 24.4 Å². The Morgan fingerprint density at radius 1 is 1.33 bits per heavy atom. The second kappa shape index (κ2) is 8.21. The first-order chi connectivity index (χ1) is 9.92. The fourth-order valence-electron chi connectivity index (χ4n) is 1.56. The van der Waals surface area contributed by atoms with Crippen molar-refractivity contribution in [1.29, 1.82) is 0 Å². The summed E-state index contributed by atoms with van der Waals surface area (Å²) in [6, 6.07) is 6.56. The van der Waals surface area contributed by atoms with Crippen LogP contribution in [0.5, 0.6) is 5.75 Å². The van der Waals surface area contributed by atoms with Gasteiger partial charge in [-0.05, 0) is 31.5 Å². The first kappa shape index (κ1) is 16.9. The van der Waals surface area contributed by atoms with Crippen LogP contribution in [0.1, 0.15) is 19.4 Å². The van der Waals surface area contributed by atoms with Gasteiger partial charge in [0.1, 0.15) is 5.75 Å². The third kappa shape index (κ3) is 6.22. The van der Waals surface area contributed by atoms with E-state index in [1.165, 1.54) is 0 Å².